The number of carbonyl (C=O) groups is 1. The van der Waals surface area contributed by atoms with E-state index in [1.54, 1.807) is 24.8 Å². The molecule has 1 aromatic carbocycles. The molecular formula is C31H43Cl2N3O5S. The number of benzene rings is 1. The van der Waals surface area contributed by atoms with E-state index < -0.39 is 22.0 Å². The summed E-state index contributed by atoms with van der Waals surface area (Å²) in [5.41, 5.74) is 3.14. The lowest BCUT2D eigenvalue weighted by molar-refractivity contribution is -0.141. The molecule has 2 aromatic heterocycles. The zero-order valence-corrected chi connectivity index (χ0v) is 26.6. The molecule has 0 spiro atoms. The maximum absolute atomic E-state index is 13.2. The normalized spacial score (nSPS) is 11.8. The van der Waals surface area contributed by atoms with Crippen LogP contribution in [0.5, 0.6) is 5.75 Å². The number of carboxylic acids is 1. The van der Waals surface area contributed by atoms with Crippen molar-refractivity contribution in [1.82, 2.24) is 14.3 Å². The zero-order valence-electron chi connectivity index (χ0n) is 24.1. The van der Waals surface area contributed by atoms with Crippen LogP contribution >= 0.6 is 24.8 Å². The van der Waals surface area contributed by atoms with Gasteiger partial charge in [-0.2, -0.15) is 4.31 Å². The van der Waals surface area contributed by atoms with Crippen LogP contribution in [-0.4, -0.2) is 58.7 Å². The molecule has 1 N–H and O–H groups in total. The van der Waals surface area contributed by atoms with Crippen LogP contribution in [0.25, 0.3) is 0 Å². The summed E-state index contributed by atoms with van der Waals surface area (Å²) in [4.78, 5) is 20.4. The van der Waals surface area contributed by atoms with Crippen LogP contribution < -0.4 is 4.74 Å². The highest BCUT2D eigenvalue weighted by molar-refractivity contribution is 7.89. The van der Waals surface area contributed by atoms with Gasteiger partial charge in [-0.25, -0.2) is 8.42 Å². The van der Waals surface area contributed by atoms with Gasteiger partial charge >= 0.3 is 5.97 Å². The minimum absolute atomic E-state index is 0. The van der Waals surface area contributed by atoms with Gasteiger partial charge in [0.15, 0.2) is 0 Å². The van der Waals surface area contributed by atoms with Gasteiger partial charge in [-0.1, -0.05) is 25.5 Å². The summed E-state index contributed by atoms with van der Waals surface area (Å²) in [6, 6.07) is 14.0. The average molecular weight is 641 g/mol. The Morgan fingerprint density at radius 1 is 0.810 bits per heavy atom. The first-order valence-electron chi connectivity index (χ1n) is 14.1. The third-order valence-corrected chi connectivity index (χ3v) is 8.78. The average Bonchev–Trinajstić information content (AvgIpc) is 2.96. The fourth-order valence-electron chi connectivity index (χ4n) is 4.51. The van der Waals surface area contributed by atoms with Crippen LogP contribution in [0.3, 0.4) is 0 Å². The standard InChI is InChI=1S/C31H41N3O5S.2ClH/c1-2-3-24-40(37,38)34(22-6-4-8-26-14-18-32-19-15-26)30(31(35)36)25-28-10-12-29(13-11-28)39-23-7-5-9-27-16-20-33-21-17-27;;/h10-21,30H,2-9,22-25H2,1H3,(H,35,36);2*1H. The Morgan fingerprint density at radius 3 is 1.88 bits per heavy atom. The smallest absolute Gasteiger partial charge is 0.322 e. The van der Waals surface area contributed by atoms with Gasteiger partial charge in [0, 0.05) is 31.3 Å². The van der Waals surface area contributed by atoms with Crippen LogP contribution in [0.4, 0.5) is 0 Å². The van der Waals surface area contributed by atoms with E-state index in [-0.39, 0.29) is 43.5 Å². The molecular weight excluding hydrogens is 597 g/mol. The van der Waals surface area contributed by atoms with Crippen LogP contribution in [0.15, 0.2) is 73.3 Å². The minimum Gasteiger partial charge on any atom is -0.494 e. The van der Waals surface area contributed by atoms with Gasteiger partial charge in [-0.05, 0) is 104 Å². The van der Waals surface area contributed by atoms with Crippen molar-refractivity contribution in [2.45, 2.75) is 70.8 Å². The molecule has 0 aliphatic carbocycles. The topological polar surface area (TPSA) is 110 Å². The number of halogens is 2. The number of rotatable bonds is 19. The summed E-state index contributed by atoms with van der Waals surface area (Å²) < 4.78 is 33.5. The molecule has 1 unspecified atom stereocenters. The molecule has 0 fully saturated rings. The van der Waals surface area contributed by atoms with Gasteiger partial charge in [-0.15, -0.1) is 24.8 Å². The van der Waals surface area contributed by atoms with Crippen LogP contribution in [0.1, 0.15) is 62.1 Å². The number of carboxylic acid groups (broad SMARTS) is 1. The van der Waals surface area contributed by atoms with Crippen molar-refractivity contribution in [2.75, 3.05) is 18.9 Å². The molecule has 0 radical (unpaired) electrons. The van der Waals surface area contributed by atoms with Crippen LogP contribution in [0.2, 0.25) is 0 Å². The number of ether oxygens (including phenoxy) is 1. The Kier molecular flexibility index (Phi) is 18.0. The van der Waals surface area contributed by atoms with E-state index in [0.29, 0.717) is 25.2 Å². The lowest BCUT2D eigenvalue weighted by Gasteiger charge is -2.28. The van der Waals surface area contributed by atoms with Gasteiger partial charge < -0.3 is 9.84 Å². The molecule has 2 heterocycles. The molecule has 0 aliphatic heterocycles. The van der Waals surface area contributed by atoms with E-state index >= 15 is 0 Å². The second kappa shape index (κ2) is 20.2. The first-order valence-corrected chi connectivity index (χ1v) is 15.7. The lowest BCUT2D eigenvalue weighted by Crippen LogP contribution is -2.47. The highest BCUT2D eigenvalue weighted by Gasteiger charge is 2.34. The molecule has 42 heavy (non-hydrogen) atoms. The Hall–Kier alpha value is -2.72. The second-order valence-corrected chi connectivity index (χ2v) is 12.0. The van der Waals surface area contributed by atoms with Crippen molar-refractivity contribution in [3.05, 3.63) is 90.0 Å². The van der Waals surface area contributed by atoms with Crippen molar-refractivity contribution in [3.8, 4) is 5.75 Å². The minimum atomic E-state index is -3.73. The van der Waals surface area contributed by atoms with Crippen LogP contribution in [-0.2, 0) is 34.1 Å². The molecule has 0 amide bonds. The monoisotopic (exact) mass is 639 g/mol. The number of aromatic nitrogens is 2. The van der Waals surface area contributed by atoms with Crippen molar-refractivity contribution >= 4 is 40.8 Å². The maximum atomic E-state index is 13.2. The molecule has 1 atom stereocenters. The molecule has 0 saturated heterocycles. The first-order chi connectivity index (χ1) is 19.4. The number of hydrogen-bond acceptors (Lipinski definition) is 6. The fourth-order valence-corrected chi connectivity index (χ4v) is 6.35. The molecule has 3 aromatic rings. The summed E-state index contributed by atoms with van der Waals surface area (Å²) in [6.07, 6.45) is 13.4. The Bertz CT molecular complexity index is 1250. The van der Waals surface area contributed by atoms with E-state index in [9.17, 15) is 18.3 Å². The van der Waals surface area contributed by atoms with E-state index in [4.69, 9.17) is 4.74 Å². The van der Waals surface area contributed by atoms with E-state index in [0.717, 1.165) is 49.7 Å². The highest BCUT2D eigenvalue weighted by atomic mass is 35.5. The van der Waals surface area contributed by atoms with Crippen molar-refractivity contribution in [3.63, 3.8) is 0 Å². The number of hydrogen-bond donors (Lipinski definition) is 1. The van der Waals surface area contributed by atoms with Gasteiger partial charge in [0.2, 0.25) is 10.0 Å². The number of sulfonamides is 1. The van der Waals surface area contributed by atoms with Gasteiger partial charge in [0.1, 0.15) is 11.8 Å². The largest absolute Gasteiger partial charge is 0.494 e. The van der Waals surface area contributed by atoms with Gasteiger partial charge in [0.05, 0.1) is 12.4 Å². The number of aryl methyl sites for hydroxylation is 2. The third-order valence-electron chi connectivity index (χ3n) is 6.82. The van der Waals surface area contributed by atoms with Crippen molar-refractivity contribution in [2.24, 2.45) is 0 Å². The van der Waals surface area contributed by atoms with E-state index in [2.05, 4.69) is 9.97 Å². The summed E-state index contributed by atoms with van der Waals surface area (Å²) in [6.45, 7) is 2.69. The molecule has 8 nitrogen and oxygen atoms in total. The molecule has 0 bridgehead atoms. The Morgan fingerprint density at radius 2 is 1.36 bits per heavy atom. The summed E-state index contributed by atoms with van der Waals surface area (Å²) in [5, 5.41) is 10.1. The molecule has 232 valence electrons. The Labute approximate surface area is 262 Å². The summed E-state index contributed by atoms with van der Waals surface area (Å²) in [7, 11) is -3.73. The van der Waals surface area contributed by atoms with Crippen LogP contribution in [0, 0.1) is 0 Å². The fraction of sp³-hybridized carbons (Fsp3) is 0.452. The molecule has 3 rings (SSSR count). The first kappa shape index (κ1) is 37.3. The zero-order chi connectivity index (χ0) is 28.6. The summed E-state index contributed by atoms with van der Waals surface area (Å²) >= 11 is 0. The number of pyridine rings is 2. The Balaban J connectivity index is 0.00000441. The number of aliphatic carboxylic acids is 1. The van der Waals surface area contributed by atoms with Crippen molar-refractivity contribution < 1.29 is 23.1 Å². The predicted molar refractivity (Wildman–Crippen MR) is 171 cm³/mol. The van der Waals surface area contributed by atoms with E-state index in [1.807, 2.05) is 55.5 Å². The van der Waals surface area contributed by atoms with Crippen molar-refractivity contribution in [1.29, 1.82) is 0 Å². The maximum Gasteiger partial charge on any atom is 0.322 e. The van der Waals surface area contributed by atoms with Gasteiger partial charge in [-0.3, -0.25) is 14.8 Å². The predicted octanol–water partition coefficient (Wildman–Crippen LogP) is 6.17. The highest BCUT2D eigenvalue weighted by Crippen LogP contribution is 2.20. The number of unbranched alkanes of at least 4 members (excludes halogenated alkanes) is 3. The van der Waals surface area contributed by atoms with E-state index in [1.165, 1.54) is 9.87 Å². The second-order valence-electron chi connectivity index (χ2n) is 9.96. The van der Waals surface area contributed by atoms with Gasteiger partial charge in [0.25, 0.3) is 0 Å². The third kappa shape index (κ3) is 13.1. The summed E-state index contributed by atoms with van der Waals surface area (Å²) in [5.74, 6) is -0.474. The molecule has 11 heteroatoms. The quantitative estimate of drug-likeness (QED) is 0.156. The number of nitrogens with zero attached hydrogens (tertiary/aromatic N) is 3. The molecule has 0 saturated carbocycles. The molecule has 0 aliphatic rings. The lowest BCUT2D eigenvalue weighted by atomic mass is 10.1. The SMILES string of the molecule is CCCCS(=O)(=O)N(CCCCc1ccncc1)C(Cc1ccc(OCCCCc2ccncc2)cc1)C(=O)O.Cl.Cl.